The Balaban J connectivity index is 1.67. The maximum atomic E-state index is 11.7. The Bertz CT molecular complexity index is 684. The number of nitrogens with zero attached hydrogens (tertiary/aromatic N) is 2. The number of amides is 4. The number of carbonyl (C=O) groups is 3. The van der Waals surface area contributed by atoms with Crippen molar-refractivity contribution in [3.05, 3.63) is 35.4 Å². The number of benzene rings is 1. The molecular weight excluding hydrogens is 324 g/mol. The van der Waals surface area contributed by atoms with Crippen LogP contribution >= 0.6 is 0 Å². The summed E-state index contributed by atoms with van der Waals surface area (Å²) in [5, 5.41) is 13.1. The van der Waals surface area contributed by atoms with Crippen LogP contribution in [0.15, 0.2) is 29.8 Å². The van der Waals surface area contributed by atoms with Gasteiger partial charge in [0.05, 0.1) is 6.61 Å². The van der Waals surface area contributed by atoms with Crippen LogP contribution in [0.1, 0.15) is 5.56 Å². The van der Waals surface area contributed by atoms with Gasteiger partial charge in [-0.25, -0.2) is 4.79 Å². The molecule has 0 saturated carbocycles. The molecule has 0 bridgehead atoms. The second-order valence-corrected chi connectivity index (χ2v) is 5.94. The second-order valence-electron chi connectivity index (χ2n) is 5.94. The molecule has 8 nitrogen and oxygen atoms in total. The summed E-state index contributed by atoms with van der Waals surface area (Å²) < 4.78 is 0. The van der Waals surface area contributed by atoms with Crippen molar-refractivity contribution in [3.63, 3.8) is 0 Å². The zero-order valence-corrected chi connectivity index (χ0v) is 13.7. The number of β-amino-alcohol motifs (C(OH)–C–C–N with tert-alkyl or cyclic N) is 1. The number of urea groups is 1. The van der Waals surface area contributed by atoms with Crippen molar-refractivity contribution in [2.75, 3.05) is 44.2 Å². The average Bonchev–Trinajstić information content (AvgIpc) is 2.60. The summed E-state index contributed by atoms with van der Waals surface area (Å²) in [7, 11) is 0. The predicted molar refractivity (Wildman–Crippen MR) is 91.8 cm³/mol. The van der Waals surface area contributed by atoms with Crippen molar-refractivity contribution in [3.8, 4) is 0 Å². The van der Waals surface area contributed by atoms with Crippen LogP contribution in [0.25, 0.3) is 6.08 Å². The molecular formula is C17H20N4O4. The van der Waals surface area contributed by atoms with Gasteiger partial charge in [-0.05, 0) is 23.8 Å². The first kappa shape index (κ1) is 17.1. The van der Waals surface area contributed by atoms with Crippen molar-refractivity contribution in [2.45, 2.75) is 0 Å². The van der Waals surface area contributed by atoms with Crippen LogP contribution in [0.3, 0.4) is 0 Å². The molecule has 2 saturated heterocycles. The molecule has 2 aliphatic heterocycles. The lowest BCUT2D eigenvalue weighted by molar-refractivity contribution is -0.123. The molecule has 3 rings (SSSR count). The van der Waals surface area contributed by atoms with E-state index in [4.69, 9.17) is 5.11 Å². The fourth-order valence-electron chi connectivity index (χ4n) is 2.93. The molecule has 0 unspecified atom stereocenters. The van der Waals surface area contributed by atoms with Gasteiger partial charge in [0.1, 0.15) is 5.57 Å². The summed E-state index contributed by atoms with van der Waals surface area (Å²) in [6.45, 7) is 4.45. The van der Waals surface area contributed by atoms with Crippen LogP contribution < -0.4 is 15.5 Å². The zero-order chi connectivity index (χ0) is 17.8. The highest BCUT2D eigenvalue weighted by molar-refractivity contribution is 6.31. The number of nitrogens with one attached hydrogen (secondary N) is 2. The van der Waals surface area contributed by atoms with Gasteiger partial charge in [0.25, 0.3) is 11.8 Å². The second kappa shape index (κ2) is 7.45. The highest BCUT2D eigenvalue weighted by Gasteiger charge is 2.27. The number of rotatable bonds is 4. The lowest BCUT2D eigenvalue weighted by atomic mass is 10.1. The molecule has 1 aromatic rings. The van der Waals surface area contributed by atoms with Crippen molar-refractivity contribution in [1.29, 1.82) is 0 Å². The number of hydrogen-bond donors (Lipinski definition) is 3. The van der Waals surface area contributed by atoms with Gasteiger partial charge in [0, 0.05) is 38.4 Å². The van der Waals surface area contributed by atoms with Crippen molar-refractivity contribution >= 4 is 29.6 Å². The SMILES string of the molecule is O=C1NC(=O)C(=Cc2ccc(N3CCN(CCO)CC3)cc2)C(=O)N1. The first-order valence-electron chi connectivity index (χ1n) is 8.13. The Hall–Kier alpha value is -2.71. The van der Waals surface area contributed by atoms with Gasteiger partial charge >= 0.3 is 6.03 Å². The highest BCUT2D eigenvalue weighted by Crippen LogP contribution is 2.19. The summed E-state index contributed by atoms with van der Waals surface area (Å²) in [5.74, 6) is -1.39. The third-order valence-corrected chi connectivity index (χ3v) is 4.30. The Morgan fingerprint density at radius 3 is 2.12 bits per heavy atom. The van der Waals surface area contributed by atoms with Gasteiger partial charge in [-0.2, -0.15) is 0 Å². The molecule has 0 aromatic heterocycles. The van der Waals surface area contributed by atoms with E-state index in [1.807, 2.05) is 34.9 Å². The largest absolute Gasteiger partial charge is 0.395 e. The molecule has 25 heavy (non-hydrogen) atoms. The molecule has 3 N–H and O–H groups in total. The number of piperazine rings is 1. The minimum absolute atomic E-state index is 0.0926. The minimum Gasteiger partial charge on any atom is -0.395 e. The predicted octanol–water partition coefficient (Wildman–Crippen LogP) is -0.450. The van der Waals surface area contributed by atoms with Crippen LogP contribution in [-0.4, -0.2) is 67.2 Å². The Morgan fingerprint density at radius 1 is 0.960 bits per heavy atom. The number of anilines is 1. The summed E-state index contributed by atoms with van der Waals surface area (Å²) >= 11 is 0. The normalized spacial score (nSPS) is 18.8. The molecule has 0 atom stereocenters. The van der Waals surface area contributed by atoms with Crippen molar-refractivity contribution < 1.29 is 19.5 Å². The summed E-state index contributed by atoms with van der Waals surface area (Å²) in [5.41, 5.74) is 1.68. The van der Waals surface area contributed by atoms with Crippen LogP contribution in [0.5, 0.6) is 0 Å². The smallest absolute Gasteiger partial charge is 0.328 e. The first-order chi connectivity index (χ1) is 12.1. The standard InChI is InChI=1S/C17H20N4O4/c22-10-9-20-5-7-21(8-6-20)13-3-1-12(2-4-13)11-14-15(23)18-17(25)19-16(14)24/h1-4,11,22H,5-10H2,(H2,18,19,23,24,25). The molecule has 4 amide bonds. The van der Waals surface area contributed by atoms with E-state index in [0.717, 1.165) is 31.9 Å². The maximum Gasteiger partial charge on any atom is 0.328 e. The van der Waals surface area contributed by atoms with Gasteiger partial charge in [-0.3, -0.25) is 25.1 Å². The third-order valence-electron chi connectivity index (χ3n) is 4.30. The third kappa shape index (κ3) is 4.04. The zero-order valence-electron chi connectivity index (χ0n) is 13.7. The monoisotopic (exact) mass is 344 g/mol. The molecule has 2 aliphatic rings. The number of aliphatic hydroxyl groups is 1. The highest BCUT2D eigenvalue weighted by atomic mass is 16.3. The number of carbonyl (C=O) groups excluding carboxylic acids is 3. The summed E-state index contributed by atoms with van der Waals surface area (Å²) in [6, 6.07) is 6.75. The summed E-state index contributed by atoms with van der Waals surface area (Å²) in [6.07, 6.45) is 1.46. The maximum absolute atomic E-state index is 11.7. The van der Waals surface area contributed by atoms with E-state index < -0.39 is 17.8 Å². The van der Waals surface area contributed by atoms with Gasteiger partial charge < -0.3 is 10.0 Å². The molecule has 2 fully saturated rings. The minimum atomic E-state index is -0.803. The summed E-state index contributed by atoms with van der Waals surface area (Å²) in [4.78, 5) is 39.0. The van der Waals surface area contributed by atoms with Crippen LogP contribution in [-0.2, 0) is 9.59 Å². The van der Waals surface area contributed by atoms with Crippen molar-refractivity contribution in [2.24, 2.45) is 0 Å². The van der Waals surface area contributed by atoms with Crippen LogP contribution in [0.2, 0.25) is 0 Å². The van der Waals surface area contributed by atoms with Gasteiger partial charge in [0.15, 0.2) is 0 Å². The molecule has 2 heterocycles. The van der Waals surface area contributed by atoms with Gasteiger partial charge in [-0.1, -0.05) is 12.1 Å². The molecule has 132 valence electrons. The van der Waals surface area contributed by atoms with Gasteiger partial charge in [0.2, 0.25) is 0 Å². The topological polar surface area (TPSA) is 102 Å². The molecule has 8 heteroatoms. The Kier molecular flexibility index (Phi) is 5.11. The van der Waals surface area contributed by atoms with E-state index >= 15 is 0 Å². The first-order valence-corrected chi connectivity index (χ1v) is 8.13. The molecule has 1 aromatic carbocycles. The number of hydrogen-bond acceptors (Lipinski definition) is 6. The van der Waals surface area contributed by atoms with E-state index in [1.54, 1.807) is 0 Å². The van der Waals surface area contributed by atoms with Crippen LogP contribution in [0, 0.1) is 0 Å². The van der Waals surface area contributed by atoms with E-state index in [2.05, 4.69) is 9.80 Å². The van der Waals surface area contributed by atoms with Crippen molar-refractivity contribution in [1.82, 2.24) is 15.5 Å². The van der Waals surface area contributed by atoms with E-state index in [-0.39, 0.29) is 12.2 Å². The average molecular weight is 344 g/mol. The fraction of sp³-hybridized carbons (Fsp3) is 0.353. The van der Waals surface area contributed by atoms with Gasteiger partial charge in [-0.15, -0.1) is 0 Å². The number of barbiturate groups is 1. The molecule has 0 spiro atoms. The van der Waals surface area contributed by atoms with Crippen LogP contribution in [0.4, 0.5) is 10.5 Å². The Morgan fingerprint density at radius 2 is 1.56 bits per heavy atom. The van der Waals surface area contributed by atoms with E-state index in [1.165, 1.54) is 6.08 Å². The molecule has 0 aliphatic carbocycles. The number of aliphatic hydroxyl groups excluding tert-OH is 1. The number of imide groups is 2. The quantitative estimate of drug-likeness (QED) is 0.505. The van der Waals surface area contributed by atoms with E-state index in [0.29, 0.717) is 12.1 Å². The Labute approximate surface area is 145 Å². The lowest BCUT2D eigenvalue weighted by Gasteiger charge is -2.35. The fourth-order valence-corrected chi connectivity index (χ4v) is 2.93. The lowest BCUT2D eigenvalue weighted by Crippen LogP contribution is -2.51. The molecule has 0 radical (unpaired) electrons. The van der Waals surface area contributed by atoms with E-state index in [9.17, 15) is 14.4 Å².